The van der Waals surface area contributed by atoms with E-state index in [1.54, 1.807) is 26.8 Å². The summed E-state index contributed by atoms with van der Waals surface area (Å²) in [6.45, 7) is 5.18. The van der Waals surface area contributed by atoms with E-state index in [1.807, 2.05) is 6.07 Å². The second kappa shape index (κ2) is 5.76. The maximum Gasteiger partial charge on any atom is 0.416 e. The van der Waals surface area contributed by atoms with Crippen LogP contribution in [-0.2, 0) is 11.7 Å². The third kappa shape index (κ3) is 2.41. The molecule has 3 N–H and O–H groups in total. The first kappa shape index (κ1) is 17.8. The first-order chi connectivity index (χ1) is 12.1. The number of benzene rings is 1. The Bertz CT molecular complexity index is 891. The highest BCUT2D eigenvalue weighted by Crippen LogP contribution is 2.47. The molecule has 0 radical (unpaired) electrons. The molecule has 136 valence electrons. The van der Waals surface area contributed by atoms with Gasteiger partial charge in [0.25, 0.3) is 0 Å². The molecule has 1 unspecified atom stereocenters. The molecule has 0 fully saturated rings. The Balaban J connectivity index is 2.37. The van der Waals surface area contributed by atoms with Crippen molar-refractivity contribution >= 4 is 12.3 Å². The van der Waals surface area contributed by atoms with E-state index in [0.29, 0.717) is 5.56 Å². The van der Waals surface area contributed by atoms with Crippen molar-refractivity contribution in [2.24, 2.45) is 21.7 Å². The molecule has 0 saturated carbocycles. The van der Waals surface area contributed by atoms with Gasteiger partial charge in [0, 0.05) is 0 Å². The SMILES string of the molecule is Cc1cc(C(F)(F)F)cc(C2(C(C)C)C(C#N)=C(N)N=C3NC=NN32)c1. The molecule has 2 aliphatic rings. The monoisotopic (exact) mass is 362 g/mol. The normalized spacial score (nSPS) is 22.2. The summed E-state index contributed by atoms with van der Waals surface area (Å²) in [6, 6.07) is 5.78. The van der Waals surface area contributed by atoms with E-state index >= 15 is 0 Å². The summed E-state index contributed by atoms with van der Waals surface area (Å²) in [5, 5.41) is 18.2. The van der Waals surface area contributed by atoms with E-state index in [0.717, 1.165) is 12.1 Å². The number of aryl methyl sites for hydroxylation is 1. The minimum atomic E-state index is -4.51. The van der Waals surface area contributed by atoms with Crippen LogP contribution >= 0.6 is 0 Å². The van der Waals surface area contributed by atoms with Gasteiger partial charge in [-0.1, -0.05) is 25.5 Å². The van der Waals surface area contributed by atoms with Gasteiger partial charge in [-0.15, -0.1) is 0 Å². The molecule has 6 nitrogen and oxygen atoms in total. The number of halogens is 3. The van der Waals surface area contributed by atoms with Crippen LogP contribution in [-0.4, -0.2) is 17.3 Å². The van der Waals surface area contributed by atoms with Gasteiger partial charge >= 0.3 is 6.18 Å². The van der Waals surface area contributed by atoms with Crippen molar-refractivity contribution in [2.75, 3.05) is 0 Å². The molecule has 0 saturated heterocycles. The van der Waals surface area contributed by atoms with Crippen LogP contribution in [0.3, 0.4) is 0 Å². The van der Waals surface area contributed by atoms with Gasteiger partial charge < -0.3 is 11.1 Å². The van der Waals surface area contributed by atoms with Crippen LogP contribution in [0, 0.1) is 24.2 Å². The van der Waals surface area contributed by atoms with Crippen LogP contribution in [0.25, 0.3) is 0 Å². The Morgan fingerprint density at radius 3 is 2.58 bits per heavy atom. The number of nitrogens with one attached hydrogen (secondary N) is 1. The van der Waals surface area contributed by atoms with Crippen LogP contribution in [0.1, 0.15) is 30.5 Å². The van der Waals surface area contributed by atoms with Crippen molar-refractivity contribution in [2.45, 2.75) is 32.5 Å². The largest absolute Gasteiger partial charge is 0.416 e. The first-order valence-electron chi connectivity index (χ1n) is 7.90. The highest BCUT2D eigenvalue weighted by molar-refractivity contribution is 5.96. The van der Waals surface area contributed by atoms with Crippen molar-refractivity contribution in [1.29, 1.82) is 5.26 Å². The minimum absolute atomic E-state index is 0.0412. The molecule has 3 rings (SSSR count). The van der Waals surface area contributed by atoms with E-state index in [1.165, 1.54) is 11.3 Å². The van der Waals surface area contributed by atoms with E-state index in [4.69, 9.17) is 5.73 Å². The lowest BCUT2D eigenvalue weighted by molar-refractivity contribution is -0.137. The number of hydrogen-bond donors (Lipinski definition) is 2. The molecular weight excluding hydrogens is 345 g/mol. The molecule has 1 aromatic rings. The predicted octanol–water partition coefficient (Wildman–Crippen LogP) is 2.78. The number of nitriles is 1. The van der Waals surface area contributed by atoms with Gasteiger partial charge in [0.1, 0.15) is 29.3 Å². The third-order valence-electron chi connectivity index (χ3n) is 4.56. The molecule has 0 aliphatic carbocycles. The fourth-order valence-corrected chi connectivity index (χ4v) is 3.51. The van der Waals surface area contributed by atoms with Crippen LogP contribution in [0.2, 0.25) is 0 Å². The number of aliphatic imine (C=N–C) groups is 1. The molecule has 1 aromatic carbocycles. The average Bonchev–Trinajstić information content (AvgIpc) is 2.99. The zero-order valence-electron chi connectivity index (χ0n) is 14.4. The highest BCUT2D eigenvalue weighted by atomic mass is 19.4. The van der Waals surface area contributed by atoms with Crippen molar-refractivity contribution < 1.29 is 13.2 Å². The fraction of sp³-hybridized carbons (Fsp3) is 0.353. The van der Waals surface area contributed by atoms with E-state index in [-0.39, 0.29) is 28.8 Å². The number of nitrogens with zero attached hydrogens (tertiary/aromatic N) is 4. The first-order valence-corrected chi connectivity index (χ1v) is 7.90. The predicted molar refractivity (Wildman–Crippen MR) is 90.4 cm³/mol. The van der Waals surface area contributed by atoms with Crippen LogP contribution in [0.15, 0.2) is 39.7 Å². The van der Waals surface area contributed by atoms with Crippen LogP contribution < -0.4 is 11.1 Å². The quantitative estimate of drug-likeness (QED) is 0.847. The Morgan fingerprint density at radius 1 is 1.31 bits per heavy atom. The highest BCUT2D eigenvalue weighted by Gasteiger charge is 2.52. The van der Waals surface area contributed by atoms with E-state index in [2.05, 4.69) is 15.4 Å². The molecule has 2 aliphatic heterocycles. The van der Waals surface area contributed by atoms with Crippen molar-refractivity contribution in [1.82, 2.24) is 10.3 Å². The van der Waals surface area contributed by atoms with Crippen LogP contribution in [0.4, 0.5) is 13.2 Å². The number of guanidine groups is 1. The van der Waals surface area contributed by atoms with Crippen molar-refractivity contribution in [3.05, 3.63) is 46.3 Å². The van der Waals surface area contributed by atoms with Crippen LogP contribution in [0.5, 0.6) is 0 Å². The smallest absolute Gasteiger partial charge is 0.383 e. The van der Waals surface area contributed by atoms with Crippen molar-refractivity contribution in [3.8, 4) is 6.07 Å². The summed E-state index contributed by atoms with van der Waals surface area (Å²) in [4.78, 5) is 4.11. The Hall–Kier alpha value is -3.02. The molecule has 26 heavy (non-hydrogen) atoms. The maximum atomic E-state index is 13.4. The number of hydrogen-bond acceptors (Lipinski definition) is 6. The molecular formula is C17H17F3N6. The summed E-state index contributed by atoms with van der Waals surface area (Å²) < 4.78 is 40.2. The Morgan fingerprint density at radius 2 is 2.00 bits per heavy atom. The fourth-order valence-electron chi connectivity index (χ4n) is 3.51. The second-order valence-corrected chi connectivity index (χ2v) is 6.51. The van der Waals surface area contributed by atoms with Crippen molar-refractivity contribution in [3.63, 3.8) is 0 Å². The molecule has 1 atom stereocenters. The lowest BCUT2D eigenvalue weighted by Crippen LogP contribution is -2.54. The zero-order chi connectivity index (χ0) is 19.3. The lowest BCUT2D eigenvalue weighted by atomic mass is 9.72. The summed E-state index contributed by atoms with van der Waals surface area (Å²) in [7, 11) is 0. The molecule has 0 aromatic heterocycles. The maximum absolute atomic E-state index is 13.4. The molecule has 0 spiro atoms. The summed E-state index contributed by atoms with van der Waals surface area (Å²) in [5.74, 6) is -0.105. The lowest BCUT2D eigenvalue weighted by Gasteiger charge is -2.45. The van der Waals surface area contributed by atoms with Gasteiger partial charge in [0.05, 0.1) is 5.56 Å². The zero-order valence-corrected chi connectivity index (χ0v) is 14.4. The van der Waals surface area contributed by atoms with Gasteiger partial charge in [-0.3, -0.25) is 0 Å². The molecule has 2 heterocycles. The third-order valence-corrected chi connectivity index (χ3v) is 4.56. The molecule has 0 amide bonds. The topological polar surface area (TPSA) is 89.8 Å². The molecule has 0 bridgehead atoms. The molecule has 9 heteroatoms. The average molecular weight is 362 g/mol. The summed E-state index contributed by atoms with van der Waals surface area (Å²) in [5.41, 5.74) is 4.66. The number of nitrogens with two attached hydrogens (primary N) is 1. The number of rotatable bonds is 2. The summed E-state index contributed by atoms with van der Waals surface area (Å²) >= 11 is 0. The standard InChI is InChI=1S/C17H17F3N6/c1-9(2)16(11-4-10(3)5-12(6-11)17(18,19)20)13(7-21)14(22)25-15-23-8-24-26(15)16/h4-6,8-9H,22H2,1-3H3,(H,23,24,25). The summed E-state index contributed by atoms with van der Waals surface area (Å²) in [6.07, 6.45) is -3.15. The van der Waals surface area contributed by atoms with Gasteiger partial charge in [-0.25, -0.2) is 5.01 Å². The van der Waals surface area contributed by atoms with E-state index < -0.39 is 17.3 Å². The Labute approximate surface area is 148 Å². The Kier molecular flexibility index (Phi) is 3.94. The van der Waals surface area contributed by atoms with Gasteiger partial charge in [0.15, 0.2) is 0 Å². The number of fused-ring (bicyclic) bond motifs is 1. The van der Waals surface area contributed by atoms with E-state index in [9.17, 15) is 18.4 Å². The number of hydrazone groups is 1. The second-order valence-electron chi connectivity index (χ2n) is 6.51. The van der Waals surface area contributed by atoms with Gasteiger partial charge in [-0.05, 0) is 30.5 Å². The van der Waals surface area contributed by atoms with Gasteiger partial charge in [0.2, 0.25) is 5.96 Å². The minimum Gasteiger partial charge on any atom is -0.383 e. The van der Waals surface area contributed by atoms with Gasteiger partial charge in [-0.2, -0.15) is 28.5 Å². The number of alkyl halides is 3.